The number of rotatable bonds is 9. The number of ether oxygens (including phenoxy) is 2. The fraction of sp³-hybridized carbons (Fsp3) is 0.368. The highest BCUT2D eigenvalue weighted by Crippen LogP contribution is 2.36. The van der Waals surface area contributed by atoms with Crippen LogP contribution >= 0.6 is 11.8 Å². The molecule has 12 heteroatoms. The van der Waals surface area contributed by atoms with Crippen LogP contribution in [0.2, 0.25) is 0 Å². The van der Waals surface area contributed by atoms with Crippen LogP contribution in [0.4, 0.5) is 11.5 Å². The fourth-order valence-corrected chi connectivity index (χ4v) is 2.89. The molecule has 0 saturated heterocycles. The number of benzene rings is 1. The van der Waals surface area contributed by atoms with Gasteiger partial charge in [-0.1, -0.05) is 11.8 Å². The highest BCUT2D eigenvalue weighted by atomic mass is 32.2. The molecule has 166 valence electrons. The summed E-state index contributed by atoms with van der Waals surface area (Å²) in [5, 5.41) is 14.6. The van der Waals surface area contributed by atoms with Crippen molar-refractivity contribution in [1.82, 2.24) is 14.9 Å². The van der Waals surface area contributed by atoms with E-state index in [2.05, 4.69) is 15.3 Å². The summed E-state index contributed by atoms with van der Waals surface area (Å²) in [6, 6.07) is 4.79. The molecule has 1 N–H and O–H groups in total. The van der Waals surface area contributed by atoms with E-state index in [-0.39, 0.29) is 41.7 Å². The van der Waals surface area contributed by atoms with Gasteiger partial charge in [-0.25, -0.2) is 0 Å². The summed E-state index contributed by atoms with van der Waals surface area (Å²) in [5.74, 6) is -1.12. The first-order chi connectivity index (χ1) is 14.7. The molecule has 1 aromatic heterocycles. The summed E-state index contributed by atoms with van der Waals surface area (Å²) in [6.07, 6.45) is 1.70. The lowest BCUT2D eigenvalue weighted by Gasteiger charge is -2.14. The van der Waals surface area contributed by atoms with Gasteiger partial charge in [0, 0.05) is 19.7 Å². The highest BCUT2D eigenvalue weighted by Gasteiger charge is 2.28. The molecule has 0 bridgehead atoms. The van der Waals surface area contributed by atoms with Crippen molar-refractivity contribution in [3.8, 4) is 11.6 Å². The molecule has 11 nitrogen and oxygen atoms in total. The molecule has 31 heavy (non-hydrogen) atoms. The van der Waals surface area contributed by atoms with Crippen molar-refractivity contribution in [1.29, 1.82) is 0 Å². The summed E-state index contributed by atoms with van der Waals surface area (Å²) in [5.41, 5.74) is 0.553. The summed E-state index contributed by atoms with van der Waals surface area (Å²) >= 11 is 1.15. The number of thioether (sulfide) groups is 1. The monoisotopic (exact) mass is 449 g/mol. The van der Waals surface area contributed by atoms with E-state index < -0.39 is 16.6 Å². The second-order valence-electron chi connectivity index (χ2n) is 6.46. The van der Waals surface area contributed by atoms with Crippen LogP contribution < -0.4 is 10.1 Å². The van der Waals surface area contributed by atoms with Gasteiger partial charge in [0.1, 0.15) is 12.3 Å². The number of esters is 1. The van der Waals surface area contributed by atoms with E-state index in [9.17, 15) is 19.7 Å². The molecule has 0 fully saturated rings. The number of aryl methyl sites for hydroxylation is 1. The van der Waals surface area contributed by atoms with Crippen molar-refractivity contribution in [3.05, 3.63) is 39.4 Å². The minimum atomic E-state index is -0.700. The molecule has 0 unspecified atom stereocenters. The number of nitrogens with one attached hydrogen (secondary N) is 1. The third-order valence-electron chi connectivity index (χ3n) is 3.82. The third-order valence-corrected chi connectivity index (χ3v) is 4.37. The van der Waals surface area contributed by atoms with Crippen LogP contribution in [0.3, 0.4) is 0 Å². The Kier molecular flexibility index (Phi) is 8.14. The maximum atomic E-state index is 12.3. The van der Waals surface area contributed by atoms with Gasteiger partial charge in [-0.2, -0.15) is 9.97 Å². The lowest BCUT2D eigenvalue weighted by Crippen LogP contribution is -2.21. The van der Waals surface area contributed by atoms with Gasteiger partial charge in [-0.3, -0.25) is 19.7 Å². The minimum absolute atomic E-state index is 0.176. The third kappa shape index (κ3) is 6.28. The molecule has 0 aliphatic carbocycles. The van der Waals surface area contributed by atoms with Crippen molar-refractivity contribution in [3.63, 3.8) is 0 Å². The summed E-state index contributed by atoms with van der Waals surface area (Å²) in [6.45, 7) is 3.29. The normalized spacial score (nSPS) is 10.4. The molecule has 1 heterocycles. The topological polar surface area (TPSA) is 137 Å². The molecule has 1 aromatic carbocycles. The van der Waals surface area contributed by atoms with E-state index >= 15 is 0 Å². The van der Waals surface area contributed by atoms with Gasteiger partial charge in [0.25, 0.3) is 5.91 Å². The van der Waals surface area contributed by atoms with E-state index in [4.69, 9.17) is 9.47 Å². The summed E-state index contributed by atoms with van der Waals surface area (Å²) < 4.78 is 10.6. The molecule has 0 radical (unpaired) electrons. The molecular formula is C19H23N5O6S. The first-order valence-electron chi connectivity index (χ1n) is 9.17. The number of hydrogen-bond acceptors (Lipinski definition) is 10. The van der Waals surface area contributed by atoms with Crippen molar-refractivity contribution < 1.29 is 24.0 Å². The first kappa shape index (κ1) is 23.9. The number of aromatic nitrogens is 2. The predicted molar refractivity (Wildman–Crippen MR) is 115 cm³/mol. The van der Waals surface area contributed by atoms with Crippen molar-refractivity contribution in [2.75, 3.05) is 38.8 Å². The number of hydrogen-bond donors (Lipinski definition) is 1. The lowest BCUT2D eigenvalue weighted by atomic mass is 10.1. The van der Waals surface area contributed by atoms with E-state index in [0.29, 0.717) is 5.56 Å². The van der Waals surface area contributed by atoms with Gasteiger partial charge >= 0.3 is 17.5 Å². The summed E-state index contributed by atoms with van der Waals surface area (Å²) in [7, 11) is 3.24. The number of carbonyl (C=O) groups excluding carboxylic acids is 2. The van der Waals surface area contributed by atoms with Crippen molar-refractivity contribution in [2.45, 2.75) is 19.0 Å². The summed E-state index contributed by atoms with van der Waals surface area (Å²) in [4.78, 5) is 44.6. The average Bonchev–Trinajstić information content (AvgIpc) is 2.70. The molecular weight excluding hydrogens is 426 g/mol. The van der Waals surface area contributed by atoms with Crippen LogP contribution in [0, 0.1) is 17.0 Å². The van der Waals surface area contributed by atoms with Crippen LogP contribution in [0.5, 0.6) is 11.6 Å². The van der Waals surface area contributed by atoms with Gasteiger partial charge in [-0.15, -0.1) is 0 Å². The standard InChI is InChI=1S/C19H23N5O6S/c1-6-29-14(25)10-20-16-15(24(27)28)17(22-19(21-16)31-5)30-13-8-11(2)7-12(9-13)18(26)23(3)4/h7-9H,6,10H2,1-5H3,(H,20,21,22). The second kappa shape index (κ2) is 10.6. The Morgan fingerprint density at radius 2 is 1.97 bits per heavy atom. The molecule has 0 saturated carbocycles. The number of nitro groups is 1. The SMILES string of the molecule is CCOC(=O)CNc1nc(SC)nc(Oc2cc(C)cc(C(=O)N(C)C)c2)c1[N+](=O)[O-]. The van der Waals surface area contributed by atoms with Gasteiger partial charge in [0.15, 0.2) is 5.16 Å². The van der Waals surface area contributed by atoms with Gasteiger partial charge < -0.3 is 19.7 Å². The van der Waals surface area contributed by atoms with E-state index in [1.165, 1.54) is 11.0 Å². The minimum Gasteiger partial charge on any atom is -0.465 e. The fourth-order valence-electron chi connectivity index (χ4n) is 2.53. The van der Waals surface area contributed by atoms with E-state index in [0.717, 1.165) is 17.3 Å². The number of amides is 1. The Morgan fingerprint density at radius 1 is 1.26 bits per heavy atom. The maximum absolute atomic E-state index is 12.3. The number of anilines is 1. The highest BCUT2D eigenvalue weighted by molar-refractivity contribution is 7.98. The molecule has 0 aliphatic rings. The van der Waals surface area contributed by atoms with Crippen molar-refractivity contribution >= 4 is 35.1 Å². The zero-order valence-corrected chi connectivity index (χ0v) is 18.6. The Morgan fingerprint density at radius 3 is 2.55 bits per heavy atom. The lowest BCUT2D eigenvalue weighted by molar-refractivity contribution is -0.385. The van der Waals surface area contributed by atoms with Gasteiger partial charge in [-0.05, 0) is 43.9 Å². The molecule has 0 aliphatic heterocycles. The van der Waals surface area contributed by atoms with Crippen LogP contribution in [-0.4, -0.2) is 65.2 Å². The van der Waals surface area contributed by atoms with Crippen LogP contribution in [-0.2, 0) is 9.53 Å². The molecule has 1 amide bonds. The van der Waals surface area contributed by atoms with Gasteiger partial charge in [0.05, 0.1) is 11.5 Å². The predicted octanol–water partition coefficient (Wildman–Crippen LogP) is 2.88. The first-order valence-corrected chi connectivity index (χ1v) is 10.4. The van der Waals surface area contributed by atoms with Crippen LogP contribution in [0.25, 0.3) is 0 Å². The zero-order chi connectivity index (χ0) is 23.1. The maximum Gasteiger partial charge on any atom is 0.373 e. The number of carbonyl (C=O) groups is 2. The zero-order valence-electron chi connectivity index (χ0n) is 17.8. The largest absolute Gasteiger partial charge is 0.465 e. The van der Waals surface area contributed by atoms with E-state index in [1.807, 2.05) is 0 Å². The van der Waals surface area contributed by atoms with Crippen LogP contribution in [0.15, 0.2) is 23.4 Å². The molecule has 2 rings (SSSR count). The Hall–Kier alpha value is -3.41. The molecule has 0 spiro atoms. The second-order valence-corrected chi connectivity index (χ2v) is 7.24. The number of nitrogens with zero attached hydrogens (tertiary/aromatic N) is 4. The Bertz CT molecular complexity index is 998. The van der Waals surface area contributed by atoms with Gasteiger partial charge in [0.2, 0.25) is 5.82 Å². The van der Waals surface area contributed by atoms with E-state index in [1.54, 1.807) is 46.3 Å². The average molecular weight is 449 g/mol. The molecule has 0 atom stereocenters. The molecule has 2 aromatic rings. The quantitative estimate of drug-likeness (QED) is 0.200. The van der Waals surface area contributed by atoms with Crippen LogP contribution in [0.1, 0.15) is 22.8 Å². The Balaban J connectivity index is 2.48. The Labute approximate surface area is 183 Å². The van der Waals surface area contributed by atoms with Crippen molar-refractivity contribution in [2.24, 2.45) is 0 Å². The smallest absolute Gasteiger partial charge is 0.373 e.